The fourth-order valence-electron chi connectivity index (χ4n) is 1.82. The summed E-state index contributed by atoms with van der Waals surface area (Å²) in [5, 5.41) is 11.7. The Kier molecular flexibility index (Phi) is 6.77. The number of amides is 1. The number of aliphatic carboxylic acids is 1. The summed E-state index contributed by atoms with van der Waals surface area (Å²) in [5.74, 6) is -1.57. The van der Waals surface area contributed by atoms with E-state index in [4.69, 9.17) is 5.11 Å². The lowest BCUT2D eigenvalue weighted by Gasteiger charge is -2.26. The second kappa shape index (κ2) is 8.09. The van der Waals surface area contributed by atoms with E-state index in [0.717, 1.165) is 4.47 Å². The number of benzene rings is 1. The summed E-state index contributed by atoms with van der Waals surface area (Å²) in [6, 6.07) is 3.75. The topological polar surface area (TPSA) is 69.6 Å². The number of halogens is 2. The normalized spacial score (nSPS) is 12.2. The molecule has 1 unspecified atom stereocenters. The minimum Gasteiger partial charge on any atom is -0.480 e. The molecular weight excluding hydrogens is 343 g/mol. The summed E-state index contributed by atoms with van der Waals surface area (Å²) in [6.45, 7) is 3.70. The van der Waals surface area contributed by atoms with E-state index in [1.54, 1.807) is 17.0 Å². The third-order valence-corrected chi connectivity index (χ3v) is 3.55. The van der Waals surface area contributed by atoms with Crippen LogP contribution in [0.3, 0.4) is 0 Å². The molecule has 0 bridgehead atoms. The first-order chi connectivity index (χ1) is 9.81. The van der Waals surface area contributed by atoms with Gasteiger partial charge in [-0.15, -0.1) is 0 Å². The molecule has 2 N–H and O–H groups in total. The van der Waals surface area contributed by atoms with E-state index in [1.807, 2.05) is 0 Å². The van der Waals surface area contributed by atoms with Gasteiger partial charge in [0.15, 0.2) is 0 Å². The molecule has 116 valence electrons. The number of nitrogens with one attached hydrogen (secondary N) is 1. The Bertz CT molecular complexity index is 525. The molecule has 0 heterocycles. The molecule has 0 aliphatic rings. The first-order valence-corrected chi connectivity index (χ1v) is 7.25. The Morgan fingerprint density at radius 2 is 2.14 bits per heavy atom. The van der Waals surface area contributed by atoms with Gasteiger partial charge in [-0.2, -0.15) is 0 Å². The molecular formula is C14H18BrFN2O3. The maximum Gasteiger partial charge on any atom is 0.320 e. The van der Waals surface area contributed by atoms with Crippen molar-refractivity contribution in [2.45, 2.75) is 26.4 Å². The average molecular weight is 361 g/mol. The highest BCUT2D eigenvalue weighted by molar-refractivity contribution is 9.10. The van der Waals surface area contributed by atoms with Crippen molar-refractivity contribution in [3.63, 3.8) is 0 Å². The van der Waals surface area contributed by atoms with Crippen molar-refractivity contribution in [3.8, 4) is 0 Å². The van der Waals surface area contributed by atoms with Gasteiger partial charge in [0.25, 0.3) is 0 Å². The third kappa shape index (κ3) is 5.81. The lowest BCUT2D eigenvalue weighted by molar-refractivity contribution is -0.142. The van der Waals surface area contributed by atoms with Crippen LogP contribution in [0, 0.1) is 5.82 Å². The van der Waals surface area contributed by atoms with E-state index in [-0.39, 0.29) is 18.3 Å². The molecule has 0 aliphatic carbocycles. The fraction of sp³-hybridized carbons (Fsp3) is 0.429. The summed E-state index contributed by atoms with van der Waals surface area (Å²) in [6.07, 6.45) is 0. The van der Waals surface area contributed by atoms with Crippen molar-refractivity contribution in [1.82, 2.24) is 10.2 Å². The molecule has 1 aromatic rings. The van der Waals surface area contributed by atoms with Gasteiger partial charge in [0.2, 0.25) is 5.91 Å². The zero-order chi connectivity index (χ0) is 16.0. The van der Waals surface area contributed by atoms with Crippen LogP contribution in [0.1, 0.15) is 19.4 Å². The highest BCUT2D eigenvalue weighted by atomic mass is 79.9. The van der Waals surface area contributed by atoms with Crippen molar-refractivity contribution < 1.29 is 19.1 Å². The predicted molar refractivity (Wildman–Crippen MR) is 80.3 cm³/mol. The first kappa shape index (κ1) is 17.6. The van der Waals surface area contributed by atoms with Gasteiger partial charge in [-0.25, -0.2) is 4.39 Å². The van der Waals surface area contributed by atoms with Gasteiger partial charge in [0.1, 0.15) is 11.9 Å². The van der Waals surface area contributed by atoms with Crippen LogP contribution in [0.4, 0.5) is 4.39 Å². The number of nitrogens with zero attached hydrogens (tertiary/aromatic N) is 1. The minimum atomic E-state index is -0.992. The Labute approximate surface area is 131 Å². The Morgan fingerprint density at radius 3 is 2.71 bits per heavy atom. The lowest BCUT2D eigenvalue weighted by atomic mass is 10.1. The second-order valence-corrected chi connectivity index (χ2v) is 5.62. The standard InChI is InChI=1S/C14H18BrFN2O3/c1-9(14(20)21)18(6-5-17-10(2)19)8-11-7-12(15)3-4-13(11)16/h3-4,7,9H,5-6,8H2,1-2H3,(H,17,19)(H,20,21). The van der Waals surface area contributed by atoms with Crippen LogP contribution in [0.5, 0.6) is 0 Å². The molecule has 0 aromatic heterocycles. The smallest absolute Gasteiger partial charge is 0.320 e. The van der Waals surface area contributed by atoms with Crippen LogP contribution in [0.2, 0.25) is 0 Å². The van der Waals surface area contributed by atoms with Crippen LogP contribution < -0.4 is 5.32 Å². The van der Waals surface area contributed by atoms with E-state index in [2.05, 4.69) is 21.2 Å². The van der Waals surface area contributed by atoms with Crippen LogP contribution >= 0.6 is 15.9 Å². The number of hydrogen-bond acceptors (Lipinski definition) is 3. The number of carbonyl (C=O) groups excluding carboxylic acids is 1. The number of hydrogen-bond donors (Lipinski definition) is 2. The summed E-state index contributed by atoms with van der Waals surface area (Å²) in [5.41, 5.74) is 0.403. The quantitative estimate of drug-likeness (QED) is 0.780. The van der Waals surface area contributed by atoms with E-state index in [0.29, 0.717) is 18.7 Å². The Balaban J connectivity index is 2.82. The van der Waals surface area contributed by atoms with Crippen LogP contribution in [0.25, 0.3) is 0 Å². The van der Waals surface area contributed by atoms with E-state index in [1.165, 1.54) is 19.9 Å². The summed E-state index contributed by atoms with van der Waals surface area (Å²) in [7, 11) is 0. The van der Waals surface area contributed by atoms with Gasteiger partial charge >= 0.3 is 5.97 Å². The number of carboxylic acids is 1. The minimum absolute atomic E-state index is 0.151. The van der Waals surface area contributed by atoms with E-state index in [9.17, 15) is 14.0 Å². The zero-order valence-corrected chi connectivity index (χ0v) is 13.5. The maximum absolute atomic E-state index is 13.8. The largest absolute Gasteiger partial charge is 0.480 e. The van der Waals surface area contributed by atoms with E-state index < -0.39 is 12.0 Å². The molecule has 5 nitrogen and oxygen atoms in total. The molecule has 0 spiro atoms. The molecule has 0 aliphatic heterocycles. The monoisotopic (exact) mass is 360 g/mol. The summed E-state index contributed by atoms with van der Waals surface area (Å²) < 4.78 is 14.5. The van der Waals surface area contributed by atoms with Crippen molar-refractivity contribution in [2.75, 3.05) is 13.1 Å². The van der Waals surface area contributed by atoms with Crippen molar-refractivity contribution >= 4 is 27.8 Å². The molecule has 1 rings (SSSR count). The molecule has 0 radical (unpaired) electrons. The third-order valence-electron chi connectivity index (χ3n) is 3.06. The van der Waals surface area contributed by atoms with Gasteiger partial charge in [0.05, 0.1) is 0 Å². The Morgan fingerprint density at radius 1 is 1.48 bits per heavy atom. The van der Waals surface area contributed by atoms with Crippen molar-refractivity contribution in [2.24, 2.45) is 0 Å². The molecule has 0 saturated carbocycles. The van der Waals surface area contributed by atoms with Crippen LogP contribution in [-0.2, 0) is 16.1 Å². The number of carbonyl (C=O) groups is 2. The number of rotatable bonds is 7. The van der Waals surface area contributed by atoms with Crippen molar-refractivity contribution in [1.29, 1.82) is 0 Å². The molecule has 21 heavy (non-hydrogen) atoms. The maximum atomic E-state index is 13.8. The molecule has 1 aromatic carbocycles. The average Bonchev–Trinajstić information content (AvgIpc) is 2.40. The second-order valence-electron chi connectivity index (χ2n) is 4.70. The lowest BCUT2D eigenvalue weighted by Crippen LogP contribution is -2.42. The molecule has 0 saturated heterocycles. The van der Waals surface area contributed by atoms with Gasteiger partial charge in [-0.05, 0) is 25.1 Å². The highest BCUT2D eigenvalue weighted by Gasteiger charge is 2.21. The van der Waals surface area contributed by atoms with Gasteiger partial charge < -0.3 is 10.4 Å². The summed E-state index contributed by atoms with van der Waals surface area (Å²) in [4.78, 5) is 23.6. The summed E-state index contributed by atoms with van der Waals surface area (Å²) >= 11 is 3.27. The predicted octanol–water partition coefficient (Wildman–Crippen LogP) is 2.00. The van der Waals surface area contributed by atoms with Crippen LogP contribution in [0.15, 0.2) is 22.7 Å². The molecule has 7 heteroatoms. The van der Waals surface area contributed by atoms with E-state index >= 15 is 0 Å². The molecule has 0 fully saturated rings. The first-order valence-electron chi connectivity index (χ1n) is 6.46. The fourth-order valence-corrected chi connectivity index (χ4v) is 2.23. The van der Waals surface area contributed by atoms with Crippen LogP contribution in [-0.4, -0.2) is 41.0 Å². The number of carboxylic acid groups (broad SMARTS) is 1. The highest BCUT2D eigenvalue weighted by Crippen LogP contribution is 2.18. The van der Waals surface area contributed by atoms with Gasteiger partial charge in [-0.3, -0.25) is 14.5 Å². The Hall–Kier alpha value is -1.47. The molecule has 1 atom stereocenters. The van der Waals surface area contributed by atoms with Crippen molar-refractivity contribution in [3.05, 3.63) is 34.1 Å². The SMILES string of the molecule is CC(=O)NCCN(Cc1cc(Br)ccc1F)C(C)C(=O)O. The zero-order valence-electron chi connectivity index (χ0n) is 11.9. The van der Waals surface area contributed by atoms with Gasteiger partial charge in [0, 0.05) is 36.6 Å². The molecule has 1 amide bonds. The van der Waals surface area contributed by atoms with Gasteiger partial charge in [-0.1, -0.05) is 15.9 Å².